The fourth-order valence-electron chi connectivity index (χ4n) is 3.07. The second kappa shape index (κ2) is 5.10. The molecule has 0 saturated carbocycles. The predicted molar refractivity (Wildman–Crippen MR) is 73.0 cm³/mol. The fourth-order valence-corrected chi connectivity index (χ4v) is 3.07. The molecular weight excluding hydrogens is 226 g/mol. The van der Waals surface area contributed by atoms with E-state index in [0.29, 0.717) is 0 Å². The van der Waals surface area contributed by atoms with Gasteiger partial charge in [0.25, 0.3) is 0 Å². The van der Waals surface area contributed by atoms with Gasteiger partial charge in [0.1, 0.15) is 18.0 Å². The summed E-state index contributed by atoms with van der Waals surface area (Å²) in [6, 6.07) is 2.77. The monoisotopic (exact) mass is 247 g/mol. The van der Waals surface area contributed by atoms with E-state index in [9.17, 15) is 0 Å². The van der Waals surface area contributed by atoms with Crippen molar-refractivity contribution in [2.45, 2.75) is 25.3 Å². The van der Waals surface area contributed by atoms with Crippen LogP contribution in [0.1, 0.15) is 19.3 Å². The summed E-state index contributed by atoms with van der Waals surface area (Å²) in [5.74, 6) is 1.95. The molecule has 0 bridgehead atoms. The van der Waals surface area contributed by atoms with Gasteiger partial charge in [0.05, 0.1) is 0 Å². The number of nitrogens with one attached hydrogen (secondary N) is 1. The summed E-state index contributed by atoms with van der Waals surface area (Å²) in [6.45, 7) is 4.74. The lowest BCUT2D eigenvalue weighted by Crippen LogP contribution is -2.37. The number of aromatic nitrogens is 2. The van der Waals surface area contributed by atoms with E-state index < -0.39 is 0 Å². The summed E-state index contributed by atoms with van der Waals surface area (Å²) >= 11 is 0. The predicted octanol–water partition coefficient (Wildman–Crippen LogP) is 1.19. The van der Waals surface area contributed by atoms with Gasteiger partial charge in [-0.3, -0.25) is 4.90 Å². The molecule has 2 aliphatic heterocycles. The molecule has 0 aromatic carbocycles. The molecule has 18 heavy (non-hydrogen) atoms. The Bertz CT molecular complexity index is 408. The van der Waals surface area contributed by atoms with Crippen LogP contribution in [0.5, 0.6) is 0 Å². The maximum atomic E-state index is 4.42. The molecular formula is C13H21N5. The molecule has 2 aliphatic rings. The van der Waals surface area contributed by atoms with Gasteiger partial charge in [-0.1, -0.05) is 0 Å². The minimum atomic E-state index is 0.723. The molecule has 3 heterocycles. The molecule has 3 rings (SSSR count). The highest BCUT2D eigenvalue weighted by Gasteiger charge is 2.29. The molecule has 1 aromatic rings. The lowest BCUT2D eigenvalue weighted by Gasteiger charge is -2.26. The fraction of sp³-hybridized carbons (Fsp3) is 0.692. The van der Waals surface area contributed by atoms with Crippen LogP contribution in [0.2, 0.25) is 0 Å². The minimum absolute atomic E-state index is 0.723. The van der Waals surface area contributed by atoms with Gasteiger partial charge >= 0.3 is 0 Å². The van der Waals surface area contributed by atoms with Crippen LogP contribution in [0, 0.1) is 0 Å². The normalized spacial score (nSPS) is 24.7. The average Bonchev–Trinajstić information content (AvgIpc) is 2.76. The average molecular weight is 247 g/mol. The third kappa shape index (κ3) is 2.27. The highest BCUT2D eigenvalue weighted by atomic mass is 15.3. The summed E-state index contributed by atoms with van der Waals surface area (Å²) in [5.41, 5.74) is 0. The summed E-state index contributed by atoms with van der Waals surface area (Å²) in [7, 11) is 1.90. The molecule has 5 nitrogen and oxygen atoms in total. The second-order valence-electron chi connectivity index (χ2n) is 5.14. The van der Waals surface area contributed by atoms with Crippen LogP contribution in [0.4, 0.5) is 11.6 Å². The van der Waals surface area contributed by atoms with Gasteiger partial charge in [-0.25, -0.2) is 9.97 Å². The first kappa shape index (κ1) is 11.7. The second-order valence-corrected chi connectivity index (χ2v) is 5.14. The van der Waals surface area contributed by atoms with Gasteiger partial charge in [-0.2, -0.15) is 0 Å². The van der Waals surface area contributed by atoms with Crippen LogP contribution in [-0.2, 0) is 0 Å². The zero-order chi connectivity index (χ0) is 12.4. The minimum Gasteiger partial charge on any atom is -0.373 e. The molecule has 1 aromatic heterocycles. The number of nitrogens with zero attached hydrogens (tertiary/aromatic N) is 4. The third-order valence-corrected chi connectivity index (χ3v) is 4.04. The number of rotatable bonds is 2. The van der Waals surface area contributed by atoms with Gasteiger partial charge in [0.2, 0.25) is 0 Å². The van der Waals surface area contributed by atoms with Crippen molar-refractivity contribution in [2.24, 2.45) is 0 Å². The van der Waals surface area contributed by atoms with Gasteiger partial charge in [0.15, 0.2) is 0 Å². The SMILES string of the molecule is CNc1cc(N2CCCN3CCCC3C2)ncn1. The van der Waals surface area contributed by atoms with Crippen molar-refractivity contribution >= 4 is 11.6 Å². The van der Waals surface area contributed by atoms with Crippen molar-refractivity contribution in [3.8, 4) is 0 Å². The van der Waals surface area contributed by atoms with E-state index in [-0.39, 0.29) is 0 Å². The number of hydrogen-bond donors (Lipinski definition) is 1. The zero-order valence-electron chi connectivity index (χ0n) is 11.0. The summed E-state index contributed by atoms with van der Waals surface area (Å²) in [5, 5.41) is 3.08. The standard InChI is InChI=1S/C13H21N5/c1-14-12-8-13(16-10-15-12)18-7-3-6-17-5-2-4-11(17)9-18/h8,10-11H,2-7,9H2,1H3,(H,14,15,16). The lowest BCUT2D eigenvalue weighted by atomic mass is 10.2. The Labute approximate surface area is 108 Å². The molecule has 1 N–H and O–H groups in total. The van der Waals surface area contributed by atoms with Crippen LogP contribution in [0.3, 0.4) is 0 Å². The van der Waals surface area contributed by atoms with Crippen LogP contribution in [0.15, 0.2) is 12.4 Å². The Morgan fingerprint density at radius 2 is 2.11 bits per heavy atom. The van der Waals surface area contributed by atoms with Crippen molar-refractivity contribution in [3.63, 3.8) is 0 Å². The van der Waals surface area contributed by atoms with E-state index in [0.717, 1.165) is 30.8 Å². The van der Waals surface area contributed by atoms with E-state index in [1.54, 1.807) is 6.33 Å². The van der Waals surface area contributed by atoms with Gasteiger partial charge in [-0.05, 0) is 25.8 Å². The van der Waals surface area contributed by atoms with Crippen LogP contribution < -0.4 is 10.2 Å². The summed E-state index contributed by atoms with van der Waals surface area (Å²) in [6.07, 6.45) is 5.57. The Morgan fingerprint density at radius 1 is 1.22 bits per heavy atom. The first-order valence-corrected chi connectivity index (χ1v) is 6.85. The highest BCUT2D eigenvalue weighted by Crippen LogP contribution is 2.24. The smallest absolute Gasteiger partial charge is 0.134 e. The molecule has 2 saturated heterocycles. The summed E-state index contributed by atoms with van der Waals surface area (Å²) < 4.78 is 0. The topological polar surface area (TPSA) is 44.3 Å². The van der Waals surface area contributed by atoms with Gasteiger partial charge < -0.3 is 10.2 Å². The number of anilines is 2. The third-order valence-electron chi connectivity index (χ3n) is 4.04. The molecule has 0 radical (unpaired) electrons. The largest absolute Gasteiger partial charge is 0.373 e. The molecule has 98 valence electrons. The maximum absolute atomic E-state index is 4.42. The lowest BCUT2D eigenvalue weighted by molar-refractivity contribution is 0.273. The molecule has 1 atom stereocenters. The molecule has 0 amide bonds. The van der Waals surface area contributed by atoms with E-state index in [1.807, 2.05) is 13.1 Å². The van der Waals surface area contributed by atoms with E-state index in [2.05, 4.69) is 25.1 Å². The number of fused-ring (bicyclic) bond motifs is 1. The summed E-state index contributed by atoms with van der Waals surface area (Å²) in [4.78, 5) is 13.7. The van der Waals surface area contributed by atoms with Crippen LogP contribution in [-0.4, -0.2) is 54.1 Å². The molecule has 0 spiro atoms. The van der Waals surface area contributed by atoms with Crippen molar-refractivity contribution in [2.75, 3.05) is 43.4 Å². The van der Waals surface area contributed by atoms with Crippen LogP contribution in [0.25, 0.3) is 0 Å². The van der Waals surface area contributed by atoms with Crippen molar-refractivity contribution in [1.82, 2.24) is 14.9 Å². The zero-order valence-corrected chi connectivity index (χ0v) is 11.0. The highest BCUT2D eigenvalue weighted by molar-refractivity contribution is 5.48. The van der Waals surface area contributed by atoms with E-state index in [4.69, 9.17) is 0 Å². The van der Waals surface area contributed by atoms with E-state index >= 15 is 0 Å². The number of hydrogen-bond acceptors (Lipinski definition) is 5. The Kier molecular flexibility index (Phi) is 3.32. The molecule has 5 heteroatoms. The van der Waals surface area contributed by atoms with Crippen molar-refractivity contribution in [3.05, 3.63) is 12.4 Å². The maximum Gasteiger partial charge on any atom is 0.134 e. The van der Waals surface area contributed by atoms with Gasteiger partial charge in [0, 0.05) is 38.8 Å². The van der Waals surface area contributed by atoms with Crippen LogP contribution >= 0.6 is 0 Å². The quantitative estimate of drug-likeness (QED) is 0.850. The Morgan fingerprint density at radius 3 is 3.00 bits per heavy atom. The molecule has 1 unspecified atom stereocenters. The first-order valence-electron chi connectivity index (χ1n) is 6.85. The Hall–Kier alpha value is -1.36. The Balaban J connectivity index is 1.78. The molecule has 2 fully saturated rings. The van der Waals surface area contributed by atoms with Crippen molar-refractivity contribution < 1.29 is 0 Å². The molecule has 0 aliphatic carbocycles. The van der Waals surface area contributed by atoms with E-state index in [1.165, 1.54) is 32.4 Å². The van der Waals surface area contributed by atoms with Crippen molar-refractivity contribution in [1.29, 1.82) is 0 Å². The van der Waals surface area contributed by atoms with Gasteiger partial charge in [-0.15, -0.1) is 0 Å². The first-order chi connectivity index (χ1) is 8.86.